The lowest BCUT2D eigenvalue weighted by Gasteiger charge is -2.12. The van der Waals surface area contributed by atoms with Crippen LogP contribution in [0.4, 0.5) is 0 Å². The number of hydrogen-bond acceptors (Lipinski definition) is 3. The van der Waals surface area contributed by atoms with Gasteiger partial charge in [-0.1, -0.05) is 24.3 Å². The summed E-state index contributed by atoms with van der Waals surface area (Å²) in [5.41, 5.74) is 3.56. The van der Waals surface area contributed by atoms with Crippen molar-refractivity contribution < 1.29 is 5.11 Å². The highest BCUT2D eigenvalue weighted by Gasteiger charge is 2.13. The molecule has 3 rings (SSSR count). The molecule has 1 heterocycles. The molecular formula is C19H13N2O. The molecule has 1 unspecified atom stereocenters. The first-order valence-electron chi connectivity index (χ1n) is 6.89. The van der Waals surface area contributed by atoms with Crippen LogP contribution in [0.15, 0.2) is 66.9 Å². The van der Waals surface area contributed by atoms with Crippen LogP contribution in [0.2, 0.25) is 0 Å². The minimum Gasteiger partial charge on any atom is -0.382 e. The largest absolute Gasteiger partial charge is 0.382 e. The van der Waals surface area contributed by atoms with Crippen LogP contribution in [-0.2, 0) is 0 Å². The van der Waals surface area contributed by atoms with E-state index in [9.17, 15) is 10.4 Å². The minimum atomic E-state index is -0.813. The van der Waals surface area contributed by atoms with Crippen molar-refractivity contribution in [3.05, 3.63) is 89.7 Å². The molecule has 3 heteroatoms. The second-order valence-electron chi connectivity index (χ2n) is 4.87. The summed E-state index contributed by atoms with van der Waals surface area (Å²) in [6.45, 7) is 0. The van der Waals surface area contributed by atoms with E-state index in [1.807, 2.05) is 42.5 Å². The number of aromatic nitrogens is 1. The summed E-state index contributed by atoms with van der Waals surface area (Å²) < 4.78 is 0. The number of aliphatic hydroxyl groups excluding tert-OH is 1. The Morgan fingerprint density at radius 2 is 1.91 bits per heavy atom. The summed E-state index contributed by atoms with van der Waals surface area (Å²) in [5, 5.41) is 19.7. The number of rotatable bonds is 3. The smallest absolute Gasteiger partial charge is 0.121 e. The van der Waals surface area contributed by atoms with E-state index >= 15 is 0 Å². The van der Waals surface area contributed by atoms with Crippen LogP contribution in [0.1, 0.15) is 22.9 Å². The number of nitriles is 1. The third kappa shape index (κ3) is 2.73. The van der Waals surface area contributed by atoms with Crippen molar-refractivity contribution in [1.29, 1.82) is 5.26 Å². The van der Waals surface area contributed by atoms with Gasteiger partial charge in [0.15, 0.2) is 0 Å². The first-order valence-corrected chi connectivity index (χ1v) is 6.89. The predicted molar refractivity (Wildman–Crippen MR) is 83.7 cm³/mol. The van der Waals surface area contributed by atoms with Crippen LogP contribution in [0.5, 0.6) is 0 Å². The van der Waals surface area contributed by atoms with E-state index in [1.165, 1.54) is 0 Å². The maximum absolute atomic E-state index is 10.4. The Bertz CT molecular complexity index is 822. The Morgan fingerprint density at radius 1 is 1.09 bits per heavy atom. The monoisotopic (exact) mass is 285 g/mol. The van der Waals surface area contributed by atoms with Gasteiger partial charge in [-0.25, -0.2) is 0 Å². The summed E-state index contributed by atoms with van der Waals surface area (Å²) in [5.74, 6) is 0. The van der Waals surface area contributed by atoms with E-state index in [2.05, 4.69) is 17.1 Å². The number of aliphatic hydroxyl groups is 1. The number of pyridine rings is 1. The van der Waals surface area contributed by atoms with Gasteiger partial charge < -0.3 is 5.11 Å². The van der Waals surface area contributed by atoms with Crippen molar-refractivity contribution in [1.82, 2.24) is 4.98 Å². The fourth-order valence-corrected chi connectivity index (χ4v) is 2.34. The lowest BCUT2D eigenvalue weighted by atomic mass is 9.96. The van der Waals surface area contributed by atoms with E-state index in [1.54, 1.807) is 24.4 Å². The third-order valence-electron chi connectivity index (χ3n) is 3.45. The van der Waals surface area contributed by atoms with Gasteiger partial charge in [0.2, 0.25) is 0 Å². The first kappa shape index (κ1) is 14.0. The van der Waals surface area contributed by atoms with Gasteiger partial charge in [-0.2, -0.15) is 5.26 Å². The highest BCUT2D eigenvalue weighted by Crippen LogP contribution is 2.27. The standard InChI is InChI=1S/C19H13N2O/c20-13-16-6-1-2-9-17(16)14-7-5-8-15(12-14)19(22)18-10-3-4-11-21-18/h1-4,6-12,19,22H. The lowest BCUT2D eigenvalue weighted by Crippen LogP contribution is -2.02. The van der Waals surface area contributed by atoms with Crippen molar-refractivity contribution in [3.8, 4) is 17.2 Å². The van der Waals surface area contributed by atoms with Gasteiger partial charge in [-0.05, 0) is 59.2 Å². The molecule has 1 radical (unpaired) electrons. The molecule has 3 nitrogen and oxygen atoms in total. The van der Waals surface area contributed by atoms with Crippen molar-refractivity contribution in [3.63, 3.8) is 0 Å². The summed E-state index contributed by atoms with van der Waals surface area (Å²) in [7, 11) is 0. The van der Waals surface area contributed by atoms with Gasteiger partial charge >= 0.3 is 0 Å². The zero-order valence-corrected chi connectivity index (χ0v) is 11.8. The summed E-state index contributed by atoms with van der Waals surface area (Å²) in [6, 6.07) is 23.4. The van der Waals surface area contributed by atoms with Crippen LogP contribution in [0.3, 0.4) is 0 Å². The van der Waals surface area contributed by atoms with Crippen LogP contribution >= 0.6 is 0 Å². The molecule has 22 heavy (non-hydrogen) atoms. The molecule has 0 aliphatic rings. The van der Waals surface area contributed by atoms with Gasteiger partial charge in [-0.3, -0.25) is 4.98 Å². The fraction of sp³-hybridized carbons (Fsp3) is 0.0526. The van der Waals surface area contributed by atoms with Crippen LogP contribution in [0, 0.1) is 17.4 Å². The molecule has 105 valence electrons. The molecule has 1 N–H and O–H groups in total. The maximum atomic E-state index is 10.4. The zero-order chi connectivity index (χ0) is 15.4. The highest BCUT2D eigenvalue weighted by molar-refractivity contribution is 5.70. The molecule has 2 aromatic carbocycles. The lowest BCUT2D eigenvalue weighted by molar-refractivity contribution is 0.215. The maximum Gasteiger partial charge on any atom is 0.121 e. The molecule has 0 fully saturated rings. The van der Waals surface area contributed by atoms with Crippen LogP contribution in [0.25, 0.3) is 11.1 Å². The van der Waals surface area contributed by atoms with Crippen LogP contribution < -0.4 is 0 Å². The number of nitrogens with zero attached hydrogens (tertiary/aromatic N) is 2. The van der Waals surface area contributed by atoms with Gasteiger partial charge in [0, 0.05) is 6.20 Å². The summed E-state index contributed by atoms with van der Waals surface area (Å²) in [4.78, 5) is 4.17. The number of hydrogen-bond donors (Lipinski definition) is 1. The molecule has 1 atom stereocenters. The molecule has 0 bridgehead atoms. The average Bonchev–Trinajstić information content (AvgIpc) is 2.62. The van der Waals surface area contributed by atoms with Crippen molar-refractivity contribution in [2.24, 2.45) is 0 Å². The molecule has 0 spiro atoms. The van der Waals surface area contributed by atoms with Gasteiger partial charge in [-0.15, -0.1) is 0 Å². The quantitative estimate of drug-likeness (QED) is 0.801. The first-order chi connectivity index (χ1) is 10.8. The average molecular weight is 285 g/mol. The molecule has 0 aliphatic carbocycles. The molecule has 0 aliphatic heterocycles. The molecule has 0 saturated heterocycles. The van der Waals surface area contributed by atoms with E-state index < -0.39 is 6.10 Å². The Balaban J connectivity index is 2.02. The molecule has 3 aromatic rings. The van der Waals surface area contributed by atoms with Crippen molar-refractivity contribution >= 4 is 0 Å². The second-order valence-corrected chi connectivity index (χ2v) is 4.87. The number of benzene rings is 2. The highest BCUT2D eigenvalue weighted by atomic mass is 16.3. The predicted octanol–water partition coefficient (Wildman–Crippen LogP) is 3.50. The van der Waals surface area contributed by atoms with Gasteiger partial charge in [0.25, 0.3) is 0 Å². The van der Waals surface area contributed by atoms with Crippen molar-refractivity contribution in [2.75, 3.05) is 0 Å². The topological polar surface area (TPSA) is 56.9 Å². The van der Waals surface area contributed by atoms with Gasteiger partial charge in [0.1, 0.15) is 6.10 Å². The molecular weight excluding hydrogens is 272 g/mol. The Labute approximate surface area is 129 Å². The van der Waals surface area contributed by atoms with Crippen LogP contribution in [-0.4, -0.2) is 10.1 Å². The molecule has 0 amide bonds. The van der Waals surface area contributed by atoms with E-state index in [4.69, 9.17) is 0 Å². The van der Waals surface area contributed by atoms with E-state index in [0.29, 0.717) is 16.8 Å². The summed E-state index contributed by atoms with van der Waals surface area (Å²) in [6.07, 6.45) is 0.837. The van der Waals surface area contributed by atoms with Gasteiger partial charge in [0.05, 0.1) is 17.3 Å². The fourth-order valence-electron chi connectivity index (χ4n) is 2.34. The Kier molecular flexibility index (Phi) is 3.95. The Morgan fingerprint density at radius 3 is 2.68 bits per heavy atom. The SMILES string of the molecule is N#Cc1ccccc1-c1c[c]cc(C(O)c2ccccn2)c1. The zero-order valence-electron chi connectivity index (χ0n) is 11.8. The molecule has 1 aromatic heterocycles. The molecule has 0 saturated carbocycles. The third-order valence-corrected chi connectivity index (χ3v) is 3.45. The van der Waals surface area contributed by atoms with E-state index in [-0.39, 0.29) is 0 Å². The minimum absolute atomic E-state index is 0.585. The normalized spacial score (nSPS) is 11.6. The van der Waals surface area contributed by atoms with E-state index in [0.717, 1.165) is 11.1 Å². The Hall–Kier alpha value is -2.96. The second kappa shape index (κ2) is 6.21. The van der Waals surface area contributed by atoms with Crippen molar-refractivity contribution in [2.45, 2.75) is 6.10 Å². The summed E-state index contributed by atoms with van der Waals surface area (Å²) >= 11 is 0.